The Morgan fingerprint density at radius 2 is 2.24 bits per heavy atom. The standard InChI is InChI=1S/C12H21N7O2/c1-20-12-16-10(15-11(17-12)18-13)14-5-9-6-19-4-2-3-8(19)7-21-9/h8-9H,2-7,13H2,1H3,(H2,14,15,16,17,18). The highest BCUT2D eigenvalue weighted by Gasteiger charge is 2.32. The van der Waals surface area contributed by atoms with Gasteiger partial charge in [-0.25, -0.2) is 5.84 Å². The number of nitrogens with zero attached hydrogens (tertiary/aromatic N) is 4. The number of fused-ring (bicyclic) bond motifs is 1. The second-order valence-corrected chi connectivity index (χ2v) is 5.24. The van der Waals surface area contributed by atoms with E-state index in [1.54, 1.807) is 0 Å². The summed E-state index contributed by atoms with van der Waals surface area (Å²) in [4.78, 5) is 14.7. The molecule has 0 spiro atoms. The Kier molecular flexibility index (Phi) is 4.32. The second kappa shape index (κ2) is 6.37. The van der Waals surface area contributed by atoms with Gasteiger partial charge in [0.2, 0.25) is 11.9 Å². The number of hydrogen-bond donors (Lipinski definition) is 3. The number of nitrogen functional groups attached to an aromatic ring is 1. The first-order chi connectivity index (χ1) is 10.3. The molecule has 3 rings (SSSR count). The van der Waals surface area contributed by atoms with Crippen molar-refractivity contribution in [3.63, 3.8) is 0 Å². The summed E-state index contributed by atoms with van der Waals surface area (Å²) in [5.41, 5.74) is 2.39. The fraction of sp³-hybridized carbons (Fsp3) is 0.750. The molecule has 1 aromatic rings. The second-order valence-electron chi connectivity index (χ2n) is 5.24. The van der Waals surface area contributed by atoms with Gasteiger partial charge in [-0.1, -0.05) is 0 Å². The van der Waals surface area contributed by atoms with Gasteiger partial charge in [0.15, 0.2) is 0 Å². The third-order valence-electron chi connectivity index (χ3n) is 3.88. The molecule has 0 bridgehead atoms. The fourth-order valence-electron chi connectivity index (χ4n) is 2.81. The zero-order chi connectivity index (χ0) is 14.7. The van der Waals surface area contributed by atoms with Crippen LogP contribution in [-0.2, 0) is 4.74 Å². The van der Waals surface area contributed by atoms with Crippen molar-refractivity contribution in [1.82, 2.24) is 19.9 Å². The van der Waals surface area contributed by atoms with Crippen LogP contribution in [0.4, 0.5) is 11.9 Å². The number of nitrogens with two attached hydrogens (primary N) is 1. The fourth-order valence-corrected chi connectivity index (χ4v) is 2.81. The Bertz CT molecular complexity index is 464. The van der Waals surface area contributed by atoms with Crippen LogP contribution in [0, 0.1) is 0 Å². The number of rotatable bonds is 5. The summed E-state index contributed by atoms with van der Waals surface area (Å²) in [7, 11) is 1.50. The van der Waals surface area contributed by atoms with E-state index in [9.17, 15) is 0 Å². The van der Waals surface area contributed by atoms with Gasteiger partial charge < -0.3 is 14.8 Å². The first-order valence-electron chi connectivity index (χ1n) is 7.14. The first kappa shape index (κ1) is 14.2. The highest BCUT2D eigenvalue weighted by molar-refractivity contribution is 5.34. The van der Waals surface area contributed by atoms with Crippen LogP contribution in [-0.4, -0.2) is 65.3 Å². The number of methoxy groups -OCH3 is 1. The van der Waals surface area contributed by atoms with Gasteiger partial charge in [0.1, 0.15) is 0 Å². The minimum absolute atomic E-state index is 0.136. The largest absolute Gasteiger partial charge is 0.467 e. The Balaban J connectivity index is 1.57. The van der Waals surface area contributed by atoms with Gasteiger partial charge in [-0.3, -0.25) is 10.3 Å². The zero-order valence-electron chi connectivity index (χ0n) is 12.1. The van der Waals surface area contributed by atoms with Crippen LogP contribution < -0.4 is 21.3 Å². The molecule has 21 heavy (non-hydrogen) atoms. The Morgan fingerprint density at radius 1 is 1.38 bits per heavy atom. The molecule has 2 aliphatic rings. The lowest BCUT2D eigenvalue weighted by Crippen LogP contribution is -2.48. The van der Waals surface area contributed by atoms with E-state index in [0.717, 1.165) is 13.2 Å². The number of hydrogen-bond acceptors (Lipinski definition) is 9. The van der Waals surface area contributed by atoms with Crippen molar-refractivity contribution >= 4 is 11.9 Å². The Hall–Kier alpha value is -1.71. The molecule has 2 saturated heterocycles. The van der Waals surface area contributed by atoms with E-state index in [4.69, 9.17) is 15.3 Å². The number of anilines is 2. The monoisotopic (exact) mass is 295 g/mol. The summed E-state index contributed by atoms with van der Waals surface area (Å²) in [6, 6.07) is 0.816. The normalized spacial score (nSPS) is 25.4. The number of ether oxygens (including phenoxy) is 2. The lowest BCUT2D eigenvalue weighted by molar-refractivity contribution is -0.0416. The minimum atomic E-state index is 0.136. The highest BCUT2D eigenvalue weighted by atomic mass is 16.5. The highest BCUT2D eigenvalue weighted by Crippen LogP contribution is 2.22. The molecule has 0 aliphatic carbocycles. The van der Waals surface area contributed by atoms with Crippen LogP contribution in [0.15, 0.2) is 0 Å². The SMILES string of the molecule is COc1nc(NN)nc(NCC2CN3CCCC3CO2)n1. The number of hydrazine groups is 1. The molecular formula is C12H21N7O2. The van der Waals surface area contributed by atoms with Crippen molar-refractivity contribution in [3.8, 4) is 6.01 Å². The summed E-state index contributed by atoms with van der Waals surface area (Å²) >= 11 is 0. The van der Waals surface area contributed by atoms with Gasteiger partial charge in [0, 0.05) is 19.1 Å². The number of nitrogens with one attached hydrogen (secondary N) is 2. The van der Waals surface area contributed by atoms with Crippen LogP contribution in [0.1, 0.15) is 12.8 Å². The molecule has 0 saturated carbocycles. The van der Waals surface area contributed by atoms with Crippen LogP contribution in [0.2, 0.25) is 0 Å². The maximum absolute atomic E-state index is 5.88. The molecule has 0 radical (unpaired) electrons. The summed E-state index contributed by atoms with van der Waals surface area (Å²) in [6.07, 6.45) is 2.65. The van der Waals surface area contributed by atoms with E-state index >= 15 is 0 Å². The molecular weight excluding hydrogens is 274 g/mol. The quantitative estimate of drug-likeness (QED) is 0.486. The van der Waals surface area contributed by atoms with E-state index in [-0.39, 0.29) is 18.1 Å². The van der Waals surface area contributed by atoms with Gasteiger partial charge in [-0.2, -0.15) is 15.0 Å². The minimum Gasteiger partial charge on any atom is -0.467 e. The van der Waals surface area contributed by atoms with E-state index in [1.165, 1.54) is 26.5 Å². The molecule has 9 nitrogen and oxygen atoms in total. The van der Waals surface area contributed by atoms with E-state index in [1.807, 2.05) is 0 Å². The summed E-state index contributed by atoms with van der Waals surface area (Å²) < 4.78 is 10.9. The smallest absolute Gasteiger partial charge is 0.322 e. The topological polar surface area (TPSA) is 110 Å². The molecule has 3 heterocycles. The van der Waals surface area contributed by atoms with Crippen molar-refractivity contribution < 1.29 is 9.47 Å². The maximum atomic E-state index is 5.88. The van der Waals surface area contributed by atoms with Crippen molar-refractivity contribution in [3.05, 3.63) is 0 Å². The predicted octanol–water partition coefficient (Wildman–Crippen LogP) is -0.559. The molecule has 2 unspecified atom stereocenters. The van der Waals surface area contributed by atoms with Crippen LogP contribution in [0.5, 0.6) is 6.01 Å². The summed E-state index contributed by atoms with van der Waals surface area (Å²) in [6.45, 7) is 3.57. The lowest BCUT2D eigenvalue weighted by Gasteiger charge is -2.35. The average molecular weight is 295 g/mol. The summed E-state index contributed by atoms with van der Waals surface area (Å²) in [5, 5.41) is 3.15. The first-order valence-corrected chi connectivity index (χ1v) is 7.14. The van der Waals surface area contributed by atoms with Crippen LogP contribution in [0.25, 0.3) is 0 Å². The van der Waals surface area contributed by atoms with Crippen molar-refractivity contribution in [1.29, 1.82) is 0 Å². The van der Waals surface area contributed by atoms with E-state index in [2.05, 4.69) is 30.6 Å². The van der Waals surface area contributed by atoms with Gasteiger partial charge in [-0.05, 0) is 19.4 Å². The van der Waals surface area contributed by atoms with Crippen molar-refractivity contribution in [2.45, 2.75) is 25.0 Å². The van der Waals surface area contributed by atoms with Gasteiger partial charge in [0.25, 0.3) is 0 Å². The van der Waals surface area contributed by atoms with Crippen molar-refractivity contribution in [2.75, 3.05) is 44.1 Å². The Morgan fingerprint density at radius 3 is 3.05 bits per heavy atom. The van der Waals surface area contributed by atoms with E-state index in [0.29, 0.717) is 18.5 Å². The van der Waals surface area contributed by atoms with Crippen LogP contribution >= 0.6 is 0 Å². The third-order valence-corrected chi connectivity index (χ3v) is 3.88. The molecule has 9 heteroatoms. The lowest BCUT2D eigenvalue weighted by atomic mass is 10.2. The average Bonchev–Trinajstić information content (AvgIpc) is 3.00. The predicted molar refractivity (Wildman–Crippen MR) is 77.0 cm³/mol. The summed E-state index contributed by atoms with van der Waals surface area (Å²) in [5.74, 6) is 6.00. The number of aromatic nitrogens is 3. The molecule has 1 aromatic heterocycles. The molecule has 2 fully saturated rings. The molecule has 116 valence electrons. The van der Waals surface area contributed by atoms with Crippen LogP contribution in [0.3, 0.4) is 0 Å². The van der Waals surface area contributed by atoms with E-state index < -0.39 is 0 Å². The zero-order valence-corrected chi connectivity index (χ0v) is 12.1. The molecule has 2 aliphatic heterocycles. The molecule has 0 amide bonds. The molecule has 0 aromatic carbocycles. The van der Waals surface area contributed by atoms with Gasteiger partial charge in [-0.15, -0.1) is 0 Å². The number of morpholine rings is 1. The molecule has 2 atom stereocenters. The Labute approximate surface area is 123 Å². The van der Waals surface area contributed by atoms with Gasteiger partial charge >= 0.3 is 6.01 Å². The molecule has 4 N–H and O–H groups in total. The maximum Gasteiger partial charge on any atom is 0.322 e. The van der Waals surface area contributed by atoms with Gasteiger partial charge in [0.05, 0.1) is 19.8 Å². The third kappa shape index (κ3) is 3.31. The van der Waals surface area contributed by atoms with Crippen molar-refractivity contribution in [2.24, 2.45) is 5.84 Å².